The Morgan fingerprint density at radius 3 is 2.88 bits per heavy atom. The van der Waals surface area contributed by atoms with E-state index in [9.17, 15) is 5.11 Å². The maximum absolute atomic E-state index is 9.23. The molecule has 0 aliphatic carbocycles. The minimum atomic E-state index is -0.0303. The van der Waals surface area contributed by atoms with Crippen molar-refractivity contribution >= 4 is 0 Å². The predicted molar refractivity (Wildman–Crippen MR) is 62.4 cm³/mol. The van der Waals surface area contributed by atoms with Crippen LogP contribution in [-0.2, 0) is 20.3 Å². The van der Waals surface area contributed by atoms with Crippen molar-refractivity contribution in [2.45, 2.75) is 20.1 Å². The Kier molecular flexibility index (Phi) is 3.39. The minimum absolute atomic E-state index is 0.0303. The van der Waals surface area contributed by atoms with Gasteiger partial charge in [-0.1, -0.05) is 23.4 Å². The second-order valence-electron chi connectivity index (χ2n) is 3.89. The molecule has 1 heterocycles. The number of aromatic nitrogens is 3. The highest BCUT2D eigenvalue weighted by Crippen LogP contribution is 2.24. The van der Waals surface area contributed by atoms with E-state index in [4.69, 9.17) is 4.74 Å². The molecular weight excluding hydrogens is 218 g/mol. The van der Waals surface area contributed by atoms with Crippen LogP contribution in [0.4, 0.5) is 0 Å². The van der Waals surface area contributed by atoms with Gasteiger partial charge in [0.2, 0.25) is 0 Å². The average molecular weight is 233 g/mol. The first-order valence-corrected chi connectivity index (χ1v) is 5.38. The number of rotatable bonds is 4. The SMILES string of the molecule is Cc1cccc(CO)c1OCc1cn(C)nn1. The van der Waals surface area contributed by atoms with Gasteiger partial charge in [-0.05, 0) is 12.5 Å². The van der Waals surface area contributed by atoms with Crippen LogP contribution in [-0.4, -0.2) is 20.1 Å². The second kappa shape index (κ2) is 4.97. The van der Waals surface area contributed by atoms with Gasteiger partial charge < -0.3 is 9.84 Å². The summed E-state index contributed by atoms with van der Waals surface area (Å²) >= 11 is 0. The topological polar surface area (TPSA) is 60.2 Å². The molecule has 5 nitrogen and oxygen atoms in total. The molecular formula is C12H15N3O2. The van der Waals surface area contributed by atoms with Gasteiger partial charge in [-0.2, -0.15) is 0 Å². The second-order valence-corrected chi connectivity index (χ2v) is 3.89. The Hall–Kier alpha value is -1.88. The molecule has 1 N–H and O–H groups in total. The highest BCUT2D eigenvalue weighted by atomic mass is 16.5. The number of benzene rings is 1. The normalized spacial score (nSPS) is 10.5. The van der Waals surface area contributed by atoms with Crippen molar-refractivity contribution in [3.8, 4) is 5.75 Å². The quantitative estimate of drug-likeness (QED) is 0.861. The number of para-hydroxylation sites is 1. The summed E-state index contributed by atoms with van der Waals surface area (Å²) in [5.41, 5.74) is 2.55. The molecule has 0 spiro atoms. The first kappa shape index (κ1) is 11.6. The van der Waals surface area contributed by atoms with E-state index in [0.29, 0.717) is 6.61 Å². The molecule has 17 heavy (non-hydrogen) atoms. The molecule has 5 heteroatoms. The van der Waals surface area contributed by atoms with E-state index < -0.39 is 0 Å². The molecule has 0 atom stereocenters. The van der Waals surface area contributed by atoms with Gasteiger partial charge in [0.05, 0.1) is 12.8 Å². The van der Waals surface area contributed by atoms with Crippen LogP contribution in [0.1, 0.15) is 16.8 Å². The number of hydrogen-bond donors (Lipinski definition) is 1. The molecule has 0 bridgehead atoms. The molecule has 1 aromatic carbocycles. The van der Waals surface area contributed by atoms with Crippen LogP contribution in [0.15, 0.2) is 24.4 Å². The summed E-state index contributed by atoms with van der Waals surface area (Å²) in [6.45, 7) is 2.27. The molecule has 2 rings (SSSR count). The third-order valence-corrected chi connectivity index (χ3v) is 2.48. The van der Waals surface area contributed by atoms with Crippen LogP contribution in [0, 0.1) is 6.92 Å². The monoisotopic (exact) mass is 233 g/mol. The van der Waals surface area contributed by atoms with E-state index in [2.05, 4.69) is 10.3 Å². The summed E-state index contributed by atoms with van der Waals surface area (Å²) in [6, 6.07) is 5.69. The number of aryl methyl sites for hydroxylation is 2. The Morgan fingerprint density at radius 1 is 1.41 bits per heavy atom. The van der Waals surface area contributed by atoms with Gasteiger partial charge in [0.25, 0.3) is 0 Å². The number of hydrogen-bond acceptors (Lipinski definition) is 4. The van der Waals surface area contributed by atoms with Gasteiger partial charge in [0, 0.05) is 12.6 Å². The molecule has 2 aromatic rings. The Bertz CT molecular complexity index is 508. The molecule has 0 unspecified atom stereocenters. The zero-order valence-electron chi connectivity index (χ0n) is 9.92. The van der Waals surface area contributed by atoms with Crippen LogP contribution >= 0.6 is 0 Å². The third kappa shape index (κ3) is 2.62. The molecule has 0 amide bonds. The number of aliphatic hydroxyl groups excluding tert-OH is 1. The summed E-state index contributed by atoms with van der Waals surface area (Å²) in [7, 11) is 1.81. The van der Waals surface area contributed by atoms with Crippen molar-refractivity contribution in [1.29, 1.82) is 0 Å². The van der Waals surface area contributed by atoms with Crippen LogP contribution in [0.25, 0.3) is 0 Å². The fourth-order valence-corrected chi connectivity index (χ4v) is 1.65. The largest absolute Gasteiger partial charge is 0.487 e. The third-order valence-electron chi connectivity index (χ3n) is 2.48. The maximum Gasteiger partial charge on any atom is 0.134 e. The molecule has 0 saturated heterocycles. The summed E-state index contributed by atoms with van der Waals surface area (Å²) in [4.78, 5) is 0. The van der Waals surface area contributed by atoms with E-state index in [1.807, 2.05) is 32.2 Å². The lowest BCUT2D eigenvalue weighted by Gasteiger charge is -2.11. The number of aliphatic hydroxyl groups is 1. The van der Waals surface area contributed by atoms with Crippen molar-refractivity contribution < 1.29 is 9.84 Å². The van der Waals surface area contributed by atoms with Crippen molar-refractivity contribution in [3.05, 3.63) is 41.2 Å². The van der Waals surface area contributed by atoms with Gasteiger partial charge in [0.1, 0.15) is 18.1 Å². The lowest BCUT2D eigenvalue weighted by Crippen LogP contribution is -2.01. The van der Waals surface area contributed by atoms with Gasteiger partial charge in [-0.25, -0.2) is 0 Å². The van der Waals surface area contributed by atoms with Crippen LogP contribution in [0.2, 0.25) is 0 Å². The van der Waals surface area contributed by atoms with Crippen molar-refractivity contribution in [3.63, 3.8) is 0 Å². The number of ether oxygens (including phenoxy) is 1. The van der Waals surface area contributed by atoms with Gasteiger partial charge in [0.15, 0.2) is 0 Å². The maximum atomic E-state index is 9.23. The smallest absolute Gasteiger partial charge is 0.134 e. The van der Waals surface area contributed by atoms with Crippen molar-refractivity contribution in [2.24, 2.45) is 7.05 Å². The van der Waals surface area contributed by atoms with E-state index in [-0.39, 0.29) is 6.61 Å². The van der Waals surface area contributed by atoms with E-state index in [1.165, 1.54) is 0 Å². The summed E-state index contributed by atoms with van der Waals surface area (Å²) in [5.74, 6) is 0.723. The predicted octanol–water partition coefficient (Wildman–Crippen LogP) is 1.19. The molecule has 0 radical (unpaired) electrons. The van der Waals surface area contributed by atoms with Crippen molar-refractivity contribution in [1.82, 2.24) is 15.0 Å². The lowest BCUT2D eigenvalue weighted by atomic mass is 10.1. The van der Waals surface area contributed by atoms with E-state index in [1.54, 1.807) is 10.9 Å². The first-order valence-electron chi connectivity index (χ1n) is 5.38. The van der Waals surface area contributed by atoms with Gasteiger partial charge in [-0.3, -0.25) is 4.68 Å². The highest BCUT2D eigenvalue weighted by Gasteiger charge is 2.07. The number of nitrogens with zero attached hydrogens (tertiary/aromatic N) is 3. The van der Waals surface area contributed by atoms with Crippen LogP contribution < -0.4 is 4.74 Å². The summed E-state index contributed by atoms with van der Waals surface area (Å²) < 4.78 is 7.31. The molecule has 90 valence electrons. The Morgan fingerprint density at radius 2 is 2.24 bits per heavy atom. The Labute approximate surface area is 99.7 Å². The first-order chi connectivity index (χ1) is 8.20. The highest BCUT2D eigenvalue weighted by molar-refractivity contribution is 5.40. The van der Waals surface area contributed by atoms with E-state index >= 15 is 0 Å². The molecule has 0 saturated carbocycles. The van der Waals surface area contributed by atoms with Gasteiger partial charge in [-0.15, -0.1) is 5.10 Å². The van der Waals surface area contributed by atoms with Crippen LogP contribution in [0.3, 0.4) is 0 Å². The van der Waals surface area contributed by atoms with Crippen LogP contribution in [0.5, 0.6) is 5.75 Å². The molecule has 0 aliphatic heterocycles. The fourth-order valence-electron chi connectivity index (χ4n) is 1.65. The van der Waals surface area contributed by atoms with Gasteiger partial charge >= 0.3 is 0 Å². The summed E-state index contributed by atoms with van der Waals surface area (Å²) in [5, 5.41) is 17.0. The zero-order chi connectivity index (χ0) is 12.3. The fraction of sp³-hybridized carbons (Fsp3) is 0.333. The molecule has 0 fully saturated rings. The summed E-state index contributed by atoms with van der Waals surface area (Å²) in [6.07, 6.45) is 1.80. The lowest BCUT2D eigenvalue weighted by molar-refractivity contribution is 0.256. The zero-order valence-corrected chi connectivity index (χ0v) is 9.92. The van der Waals surface area contributed by atoms with Crippen molar-refractivity contribution in [2.75, 3.05) is 0 Å². The van der Waals surface area contributed by atoms with E-state index in [0.717, 1.165) is 22.6 Å². The Balaban J connectivity index is 2.13. The average Bonchev–Trinajstić information content (AvgIpc) is 2.73. The minimum Gasteiger partial charge on any atom is -0.487 e. The molecule has 1 aromatic heterocycles. The molecule has 0 aliphatic rings. The standard InChI is InChI=1S/C12H15N3O2/c1-9-4-3-5-10(7-16)12(9)17-8-11-6-15(2)14-13-11/h3-6,16H,7-8H2,1-2H3.